The monoisotopic (exact) mass is 221 g/mol. The van der Waals surface area contributed by atoms with Crippen LogP contribution in [0.3, 0.4) is 0 Å². The molecule has 1 aliphatic heterocycles. The Balaban J connectivity index is 2.89. The molecule has 0 aromatic carbocycles. The van der Waals surface area contributed by atoms with Crippen molar-refractivity contribution in [2.75, 3.05) is 0 Å². The molecule has 2 amide bonds. The van der Waals surface area contributed by atoms with Gasteiger partial charge in [0.1, 0.15) is 0 Å². The normalized spacial score (nSPS) is 24.7. The summed E-state index contributed by atoms with van der Waals surface area (Å²) in [5.41, 5.74) is -0.00852. The topological polar surface area (TPSA) is 37.4 Å². The summed E-state index contributed by atoms with van der Waals surface area (Å²) in [6.45, 7) is 6.39. The molecule has 0 bridgehead atoms. The van der Waals surface area contributed by atoms with E-state index >= 15 is 0 Å². The zero-order valence-electron chi connectivity index (χ0n) is 10.9. The van der Waals surface area contributed by atoms with E-state index in [1.807, 2.05) is 7.74 Å². The maximum atomic E-state index is 12.1. The minimum absolute atomic E-state index is 0.00766. The summed E-state index contributed by atoms with van der Waals surface area (Å²) >= 11 is 0. The van der Waals surface area contributed by atoms with Gasteiger partial charge >= 0.3 is 0 Å². The first-order chi connectivity index (χ1) is 7.50. The summed E-state index contributed by atoms with van der Waals surface area (Å²) in [5.74, 6) is -0.0384. The number of carbonyl (C=O) groups is 2. The number of rotatable bonds is 5. The van der Waals surface area contributed by atoms with Gasteiger partial charge in [0.15, 0.2) is 0 Å². The lowest BCUT2D eigenvalue weighted by Crippen LogP contribution is -2.38. The average Bonchev–Trinajstić information content (AvgIpc) is 2.54. The van der Waals surface area contributed by atoms with Crippen molar-refractivity contribution in [1.29, 1.82) is 0 Å². The molecule has 0 radical (unpaired) electrons. The van der Waals surface area contributed by atoms with Crippen LogP contribution in [0.4, 0.5) is 0 Å². The van der Waals surface area contributed by atoms with Crippen molar-refractivity contribution in [1.82, 2.24) is 4.81 Å². The fourth-order valence-electron chi connectivity index (χ4n) is 2.73. The van der Waals surface area contributed by atoms with Crippen LogP contribution in [0.1, 0.15) is 46.5 Å². The van der Waals surface area contributed by atoms with Crippen molar-refractivity contribution in [3.63, 3.8) is 0 Å². The van der Waals surface area contributed by atoms with Crippen LogP contribution in [0, 0.1) is 11.3 Å². The van der Waals surface area contributed by atoms with E-state index in [0.717, 1.165) is 19.3 Å². The van der Waals surface area contributed by atoms with Crippen LogP contribution in [-0.2, 0) is 9.59 Å². The lowest BCUT2D eigenvalue weighted by molar-refractivity contribution is -0.135. The molecule has 0 aromatic heterocycles. The predicted molar refractivity (Wildman–Crippen MR) is 69.0 cm³/mol. The van der Waals surface area contributed by atoms with Gasteiger partial charge in [-0.05, 0) is 18.3 Å². The Morgan fingerprint density at radius 3 is 2.50 bits per heavy atom. The second-order valence-corrected chi connectivity index (χ2v) is 4.99. The number of amides is 2. The molecule has 0 saturated carbocycles. The largest absolute Gasteiger partial charge is 0.341 e. The first-order valence-corrected chi connectivity index (χ1v) is 6.34. The molecule has 1 rings (SSSR count). The molecule has 3 nitrogen and oxygen atoms in total. The number of hydrogen-bond donors (Lipinski definition) is 0. The Labute approximate surface area is 99.6 Å². The van der Waals surface area contributed by atoms with E-state index in [4.69, 9.17) is 0 Å². The maximum absolute atomic E-state index is 12.1. The molecule has 88 valence electrons. The highest BCUT2D eigenvalue weighted by Gasteiger charge is 2.46. The second kappa shape index (κ2) is 5.07. The highest BCUT2D eigenvalue weighted by Crippen LogP contribution is 2.41. The van der Waals surface area contributed by atoms with Gasteiger partial charge < -0.3 is 4.81 Å². The average molecular weight is 221 g/mol. The van der Waals surface area contributed by atoms with Crippen LogP contribution in [0.15, 0.2) is 0 Å². The highest BCUT2D eigenvalue weighted by atomic mass is 16.2. The van der Waals surface area contributed by atoms with Crippen molar-refractivity contribution in [3.05, 3.63) is 0 Å². The molecule has 1 heterocycles. The summed E-state index contributed by atoms with van der Waals surface area (Å²) in [7, 11) is 2.38. The van der Waals surface area contributed by atoms with Gasteiger partial charge in [0.05, 0.1) is 13.7 Å². The van der Waals surface area contributed by atoms with Crippen LogP contribution in [0.25, 0.3) is 0 Å². The van der Waals surface area contributed by atoms with Gasteiger partial charge in [-0.25, -0.2) is 0 Å². The summed E-state index contributed by atoms with van der Waals surface area (Å²) in [6.07, 6.45) is 3.46. The molecular weight excluding hydrogens is 200 g/mol. The maximum Gasteiger partial charge on any atom is 0.220 e. The quantitative estimate of drug-likeness (QED) is 0.500. The zero-order valence-corrected chi connectivity index (χ0v) is 10.9. The molecule has 1 saturated heterocycles. The minimum Gasteiger partial charge on any atom is -0.341 e. The molecule has 2 atom stereocenters. The summed E-state index contributed by atoms with van der Waals surface area (Å²) < 4.78 is 0. The van der Waals surface area contributed by atoms with E-state index in [9.17, 15) is 9.59 Å². The van der Waals surface area contributed by atoms with Gasteiger partial charge in [-0.1, -0.05) is 27.2 Å². The van der Waals surface area contributed by atoms with Crippen molar-refractivity contribution < 1.29 is 9.59 Å². The van der Waals surface area contributed by atoms with E-state index in [2.05, 4.69) is 20.8 Å². The summed E-state index contributed by atoms with van der Waals surface area (Å²) in [5, 5.41) is 0. The Morgan fingerprint density at radius 1 is 1.50 bits per heavy atom. The third-order valence-corrected chi connectivity index (χ3v) is 4.03. The van der Waals surface area contributed by atoms with Gasteiger partial charge in [0.25, 0.3) is 0 Å². The van der Waals surface area contributed by atoms with Crippen molar-refractivity contribution in [3.8, 4) is 0 Å². The standard InChI is InChI=1S/C11H21B2NO2/c1-4-6-11(3,5-2)8-7-9(15)14(13-12)10(8)16/h8,13H,4-7,12H2,1-3H3. The smallest absolute Gasteiger partial charge is 0.220 e. The Kier molecular flexibility index (Phi) is 4.22. The number of imide groups is 1. The molecule has 16 heavy (non-hydrogen) atoms. The van der Waals surface area contributed by atoms with E-state index in [1.54, 1.807) is 0 Å². The first-order valence-electron chi connectivity index (χ1n) is 6.34. The lowest BCUT2D eigenvalue weighted by atomic mass is 9.65. The van der Waals surface area contributed by atoms with E-state index in [0.29, 0.717) is 13.7 Å². The van der Waals surface area contributed by atoms with Crippen LogP contribution < -0.4 is 0 Å². The van der Waals surface area contributed by atoms with Crippen LogP contribution in [-0.4, -0.2) is 31.7 Å². The van der Waals surface area contributed by atoms with Gasteiger partial charge in [0, 0.05) is 6.42 Å². The predicted octanol–water partition coefficient (Wildman–Crippen LogP) is 0.477. The molecular formula is C11H21B2NO2. The highest BCUT2D eigenvalue weighted by molar-refractivity contribution is 6.90. The summed E-state index contributed by atoms with van der Waals surface area (Å²) in [6, 6.07) is 0. The first kappa shape index (κ1) is 13.3. The van der Waals surface area contributed by atoms with Crippen LogP contribution >= 0.6 is 0 Å². The number of carbonyl (C=O) groups excluding carboxylic acids is 2. The molecule has 5 heteroatoms. The van der Waals surface area contributed by atoms with E-state index in [1.165, 1.54) is 4.81 Å². The van der Waals surface area contributed by atoms with Crippen LogP contribution in [0.2, 0.25) is 0 Å². The van der Waals surface area contributed by atoms with Crippen molar-refractivity contribution in [2.24, 2.45) is 11.3 Å². The molecule has 0 aliphatic carbocycles. The number of nitrogens with zero attached hydrogens (tertiary/aromatic N) is 1. The van der Waals surface area contributed by atoms with Gasteiger partial charge in [-0.2, -0.15) is 0 Å². The molecule has 0 aromatic rings. The second-order valence-electron chi connectivity index (χ2n) is 4.99. The van der Waals surface area contributed by atoms with Crippen molar-refractivity contribution in [2.45, 2.75) is 46.5 Å². The fraction of sp³-hybridized carbons (Fsp3) is 0.818. The van der Waals surface area contributed by atoms with E-state index < -0.39 is 0 Å². The third kappa shape index (κ3) is 2.18. The van der Waals surface area contributed by atoms with Crippen molar-refractivity contribution >= 4 is 26.9 Å². The van der Waals surface area contributed by atoms with Gasteiger partial charge in [-0.3, -0.25) is 9.59 Å². The number of hydrogen-bond acceptors (Lipinski definition) is 2. The third-order valence-electron chi connectivity index (χ3n) is 4.03. The van der Waals surface area contributed by atoms with Crippen LogP contribution in [0.5, 0.6) is 0 Å². The Morgan fingerprint density at radius 2 is 2.12 bits per heavy atom. The zero-order chi connectivity index (χ0) is 12.3. The Hall–Kier alpha value is -0.730. The Bertz CT molecular complexity index is 296. The summed E-state index contributed by atoms with van der Waals surface area (Å²) in [4.78, 5) is 25.2. The molecule has 1 fully saturated rings. The molecule has 0 N–H and O–H groups in total. The van der Waals surface area contributed by atoms with E-state index in [-0.39, 0.29) is 23.1 Å². The van der Waals surface area contributed by atoms with Gasteiger partial charge in [-0.15, -0.1) is 0 Å². The molecule has 0 spiro atoms. The lowest BCUT2D eigenvalue weighted by Gasteiger charge is -2.33. The van der Waals surface area contributed by atoms with Gasteiger partial charge in [0.2, 0.25) is 19.1 Å². The SMILES string of the molecule is BBN1C(=O)CC(C(C)(CC)CCC)C1=O. The fourth-order valence-corrected chi connectivity index (χ4v) is 2.73. The molecule has 1 aliphatic rings. The minimum atomic E-state index is -0.0927. The molecule has 2 unspecified atom stereocenters.